The van der Waals surface area contributed by atoms with Gasteiger partial charge >= 0.3 is 0 Å². The molecule has 0 unspecified atom stereocenters. The fourth-order valence-electron chi connectivity index (χ4n) is 2.22. The summed E-state index contributed by atoms with van der Waals surface area (Å²) in [4.78, 5) is 11.2. The molecule has 12 heavy (non-hydrogen) atoms. The zero-order valence-electron chi connectivity index (χ0n) is 7.31. The summed E-state index contributed by atoms with van der Waals surface area (Å²) in [6.07, 6.45) is 4.11. The molecule has 3 nitrogen and oxygen atoms in total. The summed E-state index contributed by atoms with van der Waals surface area (Å²) in [5.74, 6) is 0.939. The Bertz CT molecular complexity index is 181. The third-order valence-corrected chi connectivity index (χ3v) is 2.93. The van der Waals surface area contributed by atoms with Crippen LogP contribution in [-0.2, 0) is 4.79 Å². The summed E-state index contributed by atoms with van der Waals surface area (Å²) in [5, 5.41) is 6.48. The summed E-state index contributed by atoms with van der Waals surface area (Å²) in [7, 11) is 0. The fourth-order valence-corrected chi connectivity index (χ4v) is 2.22. The quantitative estimate of drug-likeness (QED) is 0.545. The van der Waals surface area contributed by atoms with E-state index in [1.165, 1.54) is 6.42 Å². The van der Waals surface area contributed by atoms with E-state index in [2.05, 4.69) is 10.6 Å². The Hall–Kier alpha value is -0.570. The molecule has 3 heteroatoms. The minimum atomic E-state index is 0.254. The van der Waals surface area contributed by atoms with Crippen molar-refractivity contribution < 1.29 is 4.79 Å². The molecule has 2 aliphatic rings. The second kappa shape index (κ2) is 3.44. The minimum Gasteiger partial charge on any atom is -0.353 e. The van der Waals surface area contributed by atoms with Gasteiger partial charge in [-0.2, -0.15) is 0 Å². The van der Waals surface area contributed by atoms with Crippen LogP contribution < -0.4 is 10.6 Å². The van der Waals surface area contributed by atoms with E-state index in [9.17, 15) is 4.79 Å². The van der Waals surface area contributed by atoms with Crippen molar-refractivity contribution in [3.05, 3.63) is 0 Å². The van der Waals surface area contributed by atoms with Gasteiger partial charge in [0.25, 0.3) is 0 Å². The van der Waals surface area contributed by atoms with Gasteiger partial charge in [0.15, 0.2) is 0 Å². The number of rotatable bonds is 0. The van der Waals surface area contributed by atoms with E-state index in [-0.39, 0.29) is 5.91 Å². The van der Waals surface area contributed by atoms with Crippen molar-refractivity contribution in [1.82, 2.24) is 10.6 Å². The van der Waals surface area contributed by atoms with Crippen molar-refractivity contribution in [3.63, 3.8) is 0 Å². The molecule has 0 aromatic rings. The van der Waals surface area contributed by atoms with E-state index in [0.29, 0.717) is 12.0 Å². The number of carbonyl (C=O) groups excluding carboxylic acids is 1. The zero-order chi connectivity index (χ0) is 8.39. The second-order valence-electron chi connectivity index (χ2n) is 3.82. The first-order valence-corrected chi connectivity index (χ1v) is 4.86. The highest BCUT2D eigenvalue weighted by molar-refractivity contribution is 5.76. The Kier molecular flexibility index (Phi) is 2.30. The monoisotopic (exact) mass is 168 g/mol. The van der Waals surface area contributed by atoms with Gasteiger partial charge in [0.05, 0.1) is 0 Å². The number of fused-ring (bicyclic) bond motifs is 1. The maximum atomic E-state index is 11.2. The maximum Gasteiger partial charge on any atom is 0.220 e. The lowest BCUT2D eigenvalue weighted by molar-refractivity contribution is -0.121. The Morgan fingerprint density at radius 2 is 2.25 bits per heavy atom. The average Bonchev–Trinajstić information content (AvgIpc) is 2.25. The second-order valence-corrected chi connectivity index (χ2v) is 3.82. The molecular formula is C9H16N2O. The van der Waals surface area contributed by atoms with Crippen LogP contribution in [0.1, 0.15) is 25.7 Å². The van der Waals surface area contributed by atoms with Gasteiger partial charge in [-0.05, 0) is 38.3 Å². The van der Waals surface area contributed by atoms with E-state index in [0.717, 1.165) is 32.4 Å². The molecule has 0 aromatic carbocycles. The number of piperidine rings is 1. The highest BCUT2D eigenvalue weighted by Gasteiger charge is 2.28. The van der Waals surface area contributed by atoms with Crippen molar-refractivity contribution in [2.75, 3.05) is 13.1 Å². The summed E-state index contributed by atoms with van der Waals surface area (Å²) in [6, 6.07) is 0.459. The third kappa shape index (κ3) is 1.61. The third-order valence-electron chi connectivity index (χ3n) is 2.93. The van der Waals surface area contributed by atoms with E-state index >= 15 is 0 Å². The van der Waals surface area contributed by atoms with Crippen LogP contribution in [0.2, 0.25) is 0 Å². The fraction of sp³-hybridized carbons (Fsp3) is 0.889. The molecule has 0 aromatic heterocycles. The van der Waals surface area contributed by atoms with Crippen molar-refractivity contribution in [1.29, 1.82) is 0 Å². The van der Waals surface area contributed by atoms with Gasteiger partial charge in [0, 0.05) is 12.5 Å². The van der Waals surface area contributed by atoms with E-state index in [1.807, 2.05) is 0 Å². The van der Waals surface area contributed by atoms with Gasteiger partial charge in [0.1, 0.15) is 0 Å². The molecule has 2 saturated heterocycles. The van der Waals surface area contributed by atoms with Crippen molar-refractivity contribution >= 4 is 5.91 Å². The molecule has 2 rings (SSSR count). The Morgan fingerprint density at radius 1 is 1.33 bits per heavy atom. The van der Waals surface area contributed by atoms with Gasteiger partial charge in [-0.3, -0.25) is 4.79 Å². The molecule has 0 radical (unpaired) electrons. The molecule has 0 saturated carbocycles. The number of hydrogen-bond donors (Lipinski definition) is 2. The molecule has 2 atom stereocenters. The molecule has 0 spiro atoms. The number of amides is 1. The predicted molar refractivity (Wildman–Crippen MR) is 46.8 cm³/mol. The SMILES string of the molecule is O=C1CCC[C@@H]2CNCC[C@H]2N1. The van der Waals surface area contributed by atoms with Gasteiger partial charge in [-0.25, -0.2) is 0 Å². The van der Waals surface area contributed by atoms with Crippen LogP contribution in [0.5, 0.6) is 0 Å². The molecule has 1 amide bonds. The molecule has 2 aliphatic heterocycles. The molecule has 2 heterocycles. The first-order chi connectivity index (χ1) is 5.86. The van der Waals surface area contributed by atoms with Crippen LogP contribution in [0.3, 0.4) is 0 Å². The summed E-state index contributed by atoms with van der Waals surface area (Å²) in [5.41, 5.74) is 0. The zero-order valence-corrected chi connectivity index (χ0v) is 7.31. The Morgan fingerprint density at radius 3 is 3.17 bits per heavy atom. The van der Waals surface area contributed by atoms with Crippen LogP contribution >= 0.6 is 0 Å². The predicted octanol–water partition coefficient (Wildman–Crippen LogP) is 0.265. The lowest BCUT2D eigenvalue weighted by Gasteiger charge is -2.30. The van der Waals surface area contributed by atoms with E-state index in [1.54, 1.807) is 0 Å². The number of carbonyl (C=O) groups is 1. The van der Waals surface area contributed by atoms with Gasteiger partial charge in [-0.1, -0.05) is 0 Å². The Labute approximate surface area is 72.9 Å². The lowest BCUT2D eigenvalue weighted by Crippen LogP contribution is -2.47. The average molecular weight is 168 g/mol. The molecule has 68 valence electrons. The van der Waals surface area contributed by atoms with Gasteiger partial charge in [0.2, 0.25) is 5.91 Å². The van der Waals surface area contributed by atoms with Gasteiger partial charge in [-0.15, -0.1) is 0 Å². The van der Waals surface area contributed by atoms with Crippen LogP contribution in [0, 0.1) is 5.92 Å². The molecule has 0 bridgehead atoms. The summed E-state index contributed by atoms with van der Waals surface area (Å²) in [6.45, 7) is 2.15. The van der Waals surface area contributed by atoms with Crippen LogP contribution in [0.25, 0.3) is 0 Å². The molecule has 0 aliphatic carbocycles. The van der Waals surface area contributed by atoms with Gasteiger partial charge < -0.3 is 10.6 Å². The molecule has 2 fully saturated rings. The van der Waals surface area contributed by atoms with E-state index in [4.69, 9.17) is 0 Å². The summed E-state index contributed by atoms with van der Waals surface area (Å²) < 4.78 is 0. The maximum absolute atomic E-state index is 11.2. The molecular weight excluding hydrogens is 152 g/mol. The minimum absolute atomic E-state index is 0.254. The number of hydrogen-bond acceptors (Lipinski definition) is 2. The highest BCUT2D eigenvalue weighted by atomic mass is 16.1. The first-order valence-electron chi connectivity index (χ1n) is 4.86. The van der Waals surface area contributed by atoms with E-state index < -0.39 is 0 Å². The highest BCUT2D eigenvalue weighted by Crippen LogP contribution is 2.20. The van der Waals surface area contributed by atoms with Crippen molar-refractivity contribution in [3.8, 4) is 0 Å². The standard InChI is InChI=1S/C9H16N2O/c12-9-3-1-2-7-6-10-5-4-8(7)11-9/h7-8,10H,1-6H2,(H,11,12)/t7-,8-/m1/s1. The smallest absolute Gasteiger partial charge is 0.220 e. The first kappa shape index (κ1) is 8.05. The largest absolute Gasteiger partial charge is 0.353 e. The van der Waals surface area contributed by atoms with Crippen molar-refractivity contribution in [2.24, 2.45) is 5.92 Å². The Balaban J connectivity index is 2.01. The van der Waals surface area contributed by atoms with Crippen LogP contribution in [0.4, 0.5) is 0 Å². The van der Waals surface area contributed by atoms with Crippen molar-refractivity contribution in [2.45, 2.75) is 31.7 Å². The topological polar surface area (TPSA) is 41.1 Å². The number of nitrogens with one attached hydrogen (secondary N) is 2. The normalized spacial score (nSPS) is 36.5. The van der Waals surface area contributed by atoms with Crippen LogP contribution in [-0.4, -0.2) is 25.0 Å². The molecule has 2 N–H and O–H groups in total. The van der Waals surface area contributed by atoms with Crippen LogP contribution in [0.15, 0.2) is 0 Å². The summed E-state index contributed by atoms with van der Waals surface area (Å²) >= 11 is 0. The lowest BCUT2D eigenvalue weighted by atomic mass is 9.90.